The topological polar surface area (TPSA) is 49.4 Å². The average Bonchev–Trinajstić information content (AvgIpc) is 2.95. The first-order valence-electron chi connectivity index (χ1n) is 7.88. The van der Waals surface area contributed by atoms with Crippen molar-refractivity contribution in [2.45, 2.75) is 50.6 Å². The summed E-state index contributed by atoms with van der Waals surface area (Å²) in [5, 5.41) is 2.81. The molecule has 0 aliphatic carbocycles. The fourth-order valence-corrected chi connectivity index (χ4v) is 3.39. The van der Waals surface area contributed by atoms with Crippen LogP contribution in [-0.4, -0.2) is 35.3 Å². The van der Waals surface area contributed by atoms with Gasteiger partial charge in [-0.15, -0.1) is 0 Å². The van der Waals surface area contributed by atoms with Crippen molar-refractivity contribution in [3.8, 4) is 0 Å². The summed E-state index contributed by atoms with van der Waals surface area (Å²) in [6, 6.07) is 10.3. The van der Waals surface area contributed by atoms with Crippen LogP contribution in [0.15, 0.2) is 30.3 Å². The minimum atomic E-state index is -0.297. The molecule has 3 rings (SSSR count). The molecule has 2 saturated heterocycles. The molecule has 21 heavy (non-hydrogen) atoms. The second kappa shape index (κ2) is 6.29. The first-order chi connectivity index (χ1) is 10.2. The number of likely N-dealkylation sites (tertiary alicyclic amines) is 1. The number of carbonyl (C=O) groups excluding carboxylic acids is 2. The third-order valence-corrected chi connectivity index (χ3v) is 4.52. The van der Waals surface area contributed by atoms with E-state index >= 15 is 0 Å². The maximum Gasteiger partial charge on any atom is 0.245 e. The quantitative estimate of drug-likeness (QED) is 0.922. The van der Waals surface area contributed by atoms with Gasteiger partial charge in [0.05, 0.1) is 0 Å². The van der Waals surface area contributed by atoms with Gasteiger partial charge in [0.2, 0.25) is 11.8 Å². The van der Waals surface area contributed by atoms with E-state index in [1.165, 1.54) is 12.0 Å². The van der Waals surface area contributed by atoms with E-state index in [-0.39, 0.29) is 23.9 Å². The Morgan fingerprint density at radius 2 is 2.00 bits per heavy atom. The highest BCUT2D eigenvalue weighted by Crippen LogP contribution is 2.23. The number of nitrogens with one attached hydrogen (secondary N) is 1. The highest BCUT2D eigenvalue weighted by atomic mass is 16.2. The summed E-state index contributed by atoms with van der Waals surface area (Å²) in [6.45, 7) is 0.822. The molecular weight excluding hydrogens is 264 g/mol. The smallest absolute Gasteiger partial charge is 0.245 e. The normalized spacial score (nSPS) is 25.7. The zero-order valence-electron chi connectivity index (χ0n) is 12.3. The summed E-state index contributed by atoms with van der Waals surface area (Å²) in [6.07, 6.45) is 5.34. The van der Waals surface area contributed by atoms with Crippen LogP contribution in [0.1, 0.15) is 37.7 Å². The molecule has 4 nitrogen and oxygen atoms in total. The summed E-state index contributed by atoms with van der Waals surface area (Å²) in [5.74, 6) is 0.117. The summed E-state index contributed by atoms with van der Waals surface area (Å²) < 4.78 is 0. The highest BCUT2D eigenvalue weighted by Gasteiger charge is 2.34. The van der Waals surface area contributed by atoms with Gasteiger partial charge in [0.1, 0.15) is 6.04 Å². The Balaban J connectivity index is 1.69. The summed E-state index contributed by atoms with van der Waals surface area (Å²) >= 11 is 0. The Hall–Kier alpha value is -1.84. The molecule has 2 atom stereocenters. The fraction of sp³-hybridized carbons (Fsp3) is 0.529. The van der Waals surface area contributed by atoms with Gasteiger partial charge in [-0.3, -0.25) is 9.59 Å². The van der Waals surface area contributed by atoms with E-state index in [0.29, 0.717) is 12.8 Å². The van der Waals surface area contributed by atoms with Crippen molar-refractivity contribution in [1.29, 1.82) is 0 Å². The molecule has 2 fully saturated rings. The number of amides is 2. The predicted octanol–water partition coefficient (Wildman–Crippen LogP) is 1.89. The number of rotatable bonds is 3. The molecule has 1 N–H and O–H groups in total. The molecule has 2 amide bonds. The van der Waals surface area contributed by atoms with Crippen molar-refractivity contribution >= 4 is 11.8 Å². The first kappa shape index (κ1) is 14.1. The van der Waals surface area contributed by atoms with Crippen LogP contribution in [0.25, 0.3) is 0 Å². The second-order valence-electron chi connectivity index (χ2n) is 6.03. The Bertz CT molecular complexity index is 515. The third kappa shape index (κ3) is 3.26. The van der Waals surface area contributed by atoms with Gasteiger partial charge < -0.3 is 10.2 Å². The molecule has 2 heterocycles. The number of hydrogen-bond acceptors (Lipinski definition) is 2. The molecule has 0 saturated carbocycles. The summed E-state index contributed by atoms with van der Waals surface area (Å²) in [4.78, 5) is 26.0. The van der Waals surface area contributed by atoms with Crippen LogP contribution in [0.3, 0.4) is 0 Å². The van der Waals surface area contributed by atoms with E-state index in [2.05, 4.69) is 17.4 Å². The molecule has 1 aromatic carbocycles. The minimum Gasteiger partial charge on any atom is -0.344 e. The third-order valence-electron chi connectivity index (χ3n) is 4.52. The highest BCUT2D eigenvalue weighted by molar-refractivity contribution is 5.91. The monoisotopic (exact) mass is 286 g/mol. The molecule has 2 aliphatic rings. The lowest BCUT2D eigenvalue weighted by Crippen LogP contribution is -2.51. The van der Waals surface area contributed by atoms with Crippen molar-refractivity contribution in [3.63, 3.8) is 0 Å². The largest absolute Gasteiger partial charge is 0.344 e. The van der Waals surface area contributed by atoms with Crippen molar-refractivity contribution in [1.82, 2.24) is 10.2 Å². The lowest BCUT2D eigenvalue weighted by Gasteiger charge is -2.37. The Labute approximate surface area is 125 Å². The van der Waals surface area contributed by atoms with Gasteiger partial charge in [-0.2, -0.15) is 0 Å². The number of hydrogen-bond donors (Lipinski definition) is 1. The Kier molecular flexibility index (Phi) is 4.23. The lowest BCUT2D eigenvalue weighted by molar-refractivity contribution is -0.137. The van der Waals surface area contributed by atoms with Crippen molar-refractivity contribution in [3.05, 3.63) is 35.9 Å². The molecular formula is C17H22N2O2. The zero-order chi connectivity index (χ0) is 14.7. The first-order valence-corrected chi connectivity index (χ1v) is 7.88. The van der Waals surface area contributed by atoms with Crippen LogP contribution >= 0.6 is 0 Å². The van der Waals surface area contributed by atoms with E-state index in [1.54, 1.807) is 0 Å². The van der Waals surface area contributed by atoms with Gasteiger partial charge in [0.15, 0.2) is 0 Å². The van der Waals surface area contributed by atoms with Crippen molar-refractivity contribution in [2.75, 3.05) is 6.54 Å². The fourth-order valence-electron chi connectivity index (χ4n) is 3.39. The molecule has 112 valence electrons. The number of nitrogens with zero attached hydrogens (tertiary/aromatic N) is 1. The number of benzene rings is 1. The van der Waals surface area contributed by atoms with Gasteiger partial charge >= 0.3 is 0 Å². The molecule has 0 bridgehead atoms. The van der Waals surface area contributed by atoms with Crippen molar-refractivity contribution < 1.29 is 9.59 Å². The van der Waals surface area contributed by atoms with Gasteiger partial charge in [-0.05, 0) is 37.7 Å². The van der Waals surface area contributed by atoms with Crippen LogP contribution in [-0.2, 0) is 16.0 Å². The van der Waals surface area contributed by atoms with Crippen molar-refractivity contribution in [2.24, 2.45) is 0 Å². The van der Waals surface area contributed by atoms with E-state index in [0.717, 1.165) is 25.8 Å². The Morgan fingerprint density at radius 1 is 1.19 bits per heavy atom. The summed E-state index contributed by atoms with van der Waals surface area (Å²) in [7, 11) is 0. The van der Waals surface area contributed by atoms with E-state index in [1.807, 2.05) is 23.1 Å². The van der Waals surface area contributed by atoms with E-state index in [9.17, 15) is 9.59 Å². The molecule has 0 aromatic heterocycles. The van der Waals surface area contributed by atoms with Gasteiger partial charge in [-0.1, -0.05) is 30.3 Å². The van der Waals surface area contributed by atoms with Crippen LogP contribution in [0.5, 0.6) is 0 Å². The molecule has 2 unspecified atom stereocenters. The SMILES string of the molecule is O=C1CCC(C(=O)N2CCCCC2Cc2ccccc2)N1. The van der Waals surface area contributed by atoms with Crippen LogP contribution < -0.4 is 5.32 Å². The number of piperidine rings is 1. The molecule has 4 heteroatoms. The molecule has 0 spiro atoms. The molecule has 1 aromatic rings. The van der Waals surface area contributed by atoms with Gasteiger partial charge in [0.25, 0.3) is 0 Å². The second-order valence-corrected chi connectivity index (χ2v) is 6.03. The number of carbonyl (C=O) groups is 2. The van der Waals surface area contributed by atoms with E-state index < -0.39 is 0 Å². The van der Waals surface area contributed by atoms with Crippen LogP contribution in [0.4, 0.5) is 0 Å². The van der Waals surface area contributed by atoms with Crippen LogP contribution in [0, 0.1) is 0 Å². The molecule has 2 aliphatic heterocycles. The standard InChI is InChI=1S/C17H22N2O2/c20-16-10-9-15(18-16)17(21)19-11-5-4-8-14(19)12-13-6-2-1-3-7-13/h1-3,6-7,14-15H,4-5,8-12H2,(H,18,20). The maximum absolute atomic E-state index is 12.7. The summed E-state index contributed by atoms with van der Waals surface area (Å²) in [5.41, 5.74) is 1.28. The van der Waals surface area contributed by atoms with Crippen LogP contribution in [0.2, 0.25) is 0 Å². The zero-order valence-corrected chi connectivity index (χ0v) is 12.3. The van der Waals surface area contributed by atoms with Gasteiger partial charge in [0, 0.05) is 19.0 Å². The minimum absolute atomic E-state index is 0.00460. The average molecular weight is 286 g/mol. The van der Waals surface area contributed by atoms with Gasteiger partial charge in [-0.25, -0.2) is 0 Å². The lowest BCUT2D eigenvalue weighted by atomic mass is 9.94. The Morgan fingerprint density at radius 3 is 2.71 bits per heavy atom. The molecule has 0 radical (unpaired) electrons. The maximum atomic E-state index is 12.7. The van der Waals surface area contributed by atoms with E-state index in [4.69, 9.17) is 0 Å². The predicted molar refractivity (Wildman–Crippen MR) is 80.7 cm³/mol.